The van der Waals surface area contributed by atoms with Gasteiger partial charge in [0.15, 0.2) is 11.5 Å². The second kappa shape index (κ2) is 10.5. The van der Waals surface area contributed by atoms with Crippen LogP contribution in [0, 0.1) is 11.8 Å². The molecule has 2 aliphatic rings. The number of benzene rings is 2. The van der Waals surface area contributed by atoms with E-state index < -0.39 is 0 Å². The van der Waals surface area contributed by atoms with Crippen molar-refractivity contribution in [1.82, 2.24) is 0 Å². The third kappa shape index (κ3) is 5.79. The first-order valence-corrected chi connectivity index (χ1v) is 12.7. The first kappa shape index (κ1) is 22.1. The zero-order valence-corrected chi connectivity index (χ0v) is 19.7. The van der Waals surface area contributed by atoms with Crippen molar-refractivity contribution in [1.29, 1.82) is 0 Å². The molecule has 3 nitrogen and oxygen atoms in total. The van der Waals surface area contributed by atoms with Gasteiger partial charge in [0.05, 0.1) is 0 Å². The lowest BCUT2D eigenvalue weighted by Gasteiger charge is -2.29. The Morgan fingerprint density at radius 1 is 1.10 bits per heavy atom. The summed E-state index contributed by atoms with van der Waals surface area (Å²) in [4.78, 5) is 1.17. The van der Waals surface area contributed by atoms with E-state index in [0.29, 0.717) is 12.7 Å². The van der Waals surface area contributed by atoms with E-state index in [9.17, 15) is 0 Å². The van der Waals surface area contributed by atoms with Crippen LogP contribution in [0.25, 0.3) is 4.91 Å². The van der Waals surface area contributed by atoms with Gasteiger partial charge in [0.1, 0.15) is 0 Å². The van der Waals surface area contributed by atoms with Gasteiger partial charge in [-0.25, -0.2) is 0 Å². The molecule has 2 aromatic rings. The molecule has 4 heteroatoms. The van der Waals surface area contributed by atoms with Gasteiger partial charge in [-0.1, -0.05) is 45.0 Å². The molecule has 2 aromatic carbocycles. The van der Waals surface area contributed by atoms with E-state index in [4.69, 9.17) is 9.47 Å². The lowest BCUT2D eigenvalue weighted by Crippen LogP contribution is -2.20. The highest BCUT2D eigenvalue weighted by atomic mass is 32.2. The molecule has 1 aliphatic carbocycles. The van der Waals surface area contributed by atoms with Crippen molar-refractivity contribution in [3.05, 3.63) is 60.2 Å². The average Bonchev–Trinajstić information content (AvgIpc) is 3.29. The molecule has 0 spiro atoms. The van der Waals surface area contributed by atoms with Crippen LogP contribution in [0.5, 0.6) is 11.5 Å². The summed E-state index contributed by atoms with van der Waals surface area (Å²) in [7, 11) is 0. The summed E-state index contributed by atoms with van der Waals surface area (Å²) in [5.41, 5.74) is 3.85. The highest BCUT2D eigenvalue weighted by molar-refractivity contribution is 8.08. The van der Waals surface area contributed by atoms with E-state index >= 15 is 0 Å². The Morgan fingerprint density at radius 3 is 2.71 bits per heavy atom. The van der Waals surface area contributed by atoms with Gasteiger partial charge in [0.2, 0.25) is 6.79 Å². The van der Waals surface area contributed by atoms with Gasteiger partial charge in [0.25, 0.3) is 0 Å². The van der Waals surface area contributed by atoms with E-state index in [1.807, 2.05) is 11.8 Å². The van der Waals surface area contributed by atoms with Crippen molar-refractivity contribution in [3.8, 4) is 11.5 Å². The second-order valence-electron chi connectivity index (χ2n) is 9.04. The molecule has 0 radical (unpaired) electrons. The molecule has 1 unspecified atom stereocenters. The van der Waals surface area contributed by atoms with Gasteiger partial charge >= 0.3 is 0 Å². The van der Waals surface area contributed by atoms with Crippen LogP contribution in [0.2, 0.25) is 0 Å². The molecule has 4 rings (SSSR count). The van der Waals surface area contributed by atoms with Crippen LogP contribution < -0.4 is 14.8 Å². The molecule has 1 N–H and O–H groups in total. The minimum absolute atomic E-state index is 0.349. The van der Waals surface area contributed by atoms with E-state index in [2.05, 4.69) is 68.2 Å². The molecule has 0 aromatic heterocycles. The Balaban J connectivity index is 1.25. The number of ether oxygens (including phenoxy) is 2. The third-order valence-electron chi connectivity index (χ3n) is 6.73. The second-order valence-corrected chi connectivity index (χ2v) is 10.2. The number of anilines is 1. The van der Waals surface area contributed by atoms with Gasteiger partial charge in [0, 0.05) is 22.9 Å². The van der Waals surface area contributed by atoms with Gasteiger partial charge in [-0.3, -0.25) is 0 Å². The van der Waals surface area contributed by atoms with Crippen LogP contribution in [0.3, 0.4) is 0 Å². The van der Waals surface area contributed by atoms with Gasteiger partial charge in [-0.2, -0.15) is 0 Å². The number of hydrogen-bond donors (Lipinski definition) is 1. The third-order valence-corrected chi connectivity index (χ3v) is 8.05. The molecule has 1 atom stereocenters. The number of rotatable bonds is 9. The predicted molar refractivity (Wildman–Crippen MR) is 133 cm³/mol. The predicted octanol–water partition coefficient (Wildman–Crippen LogP) is 7.55. The van der Waals surface area contributed by atoms with Crippen molar-refractivity contribution in [3.63, 3.8) is 0 Å². The highest BCUT2D eigenvalue weighted by Gasteiger charge is 2.24. The Morgan fingerprint density at radius 2 is 1.90 bits per heavy atom. The molecule has 1 heterocycles. The summed E-state index contributed by atoms with van der Waals surface area (Å²) < 4.78 is 11.0. The Bertz CT molecular complexity index is 889. The lowest BCUT2D eigenvalue weighted by molar-refractivity contribution is 0.174. The summed E-state index contributed by atoms with van der Waals surface area (Å²) >= 11 is 1.88. The maximum absolute atomic E-state index is 5.56. The SMILES string of the molecule is C=C(SCC(C)CC)c1cccc(NCC2CCC(c3ccc4c(c3)OCO4)CC2)c1. The van der Waals surface area contributed by atoms with Crippen LogP contribution in [-0.2, 0) is 0 Å². The monoisotopic (exact) mass is 437 g/mol. The molecule has 31 heavy (non-hydrogen) atoms. The van der Waals surface area contributed by atoms with Crippen molar-refractivity contribution in [2.75, 3.05) is 24.4 Å². The molecular weight excluding hydrogens is 402 g/mol. The largest absolute Gasteiger partial charge is 0.454 e. The topological polar surface area (TPSA) is 30.5 Å². The summed E-state index contributed by atoms with van der Waals surface area (Å²) in [5, 5.41) is 3.69. The fourth-order valence-electron chi connectivity index (χ4n) is 4.38. The number of thioether (sulfide) groups is 1. The standard InChI is InChI=1S/C27H35NO2S/c1-4-19(2)17-31-20(3)23-6-5-7-25(14-23)28-16-21-8-10-22(11-9-21)24-12-13-26-27(15-24)30-18-29-26/h5-7,12-15,19,21-22,28H,3-4,8-11,16-18H2,1-2H3. The van der Waals surface area contributed by atoms with Crippen LogP contribution in [-0.4, -0.2) is 19.1 Å². The number of hydrogen-bond acceptors (Lipinski definition) is 4. The lowest BCUT2D eigenvalue weighted by atomic mass is 9.78. The van der Waals surface area contributed by atoms with Crippen molar-refractivity contribution >= 4 is 22.4 Å². The number of nitrogens with one attached hydrogen (secondary N) is 1. The minimum atomic E-state index is 0.349. The minimum Gasteiger partial charge on any atom is -0.454 e. The molecule has 1 aliphatic heterocycles. The fourth-order valence-corrected chi connectivity index (χ4v) is 5.39. The fraction of sp³-hybridized carbons (Fsp3) is 0.481. The molecule has 0 bridgehead atoms. The van der Waals surface area contributed by atoms with Gasteiger partial charge in [-0.15, -0.1) is 11.8 Å². The summed E-state index contributed by atoms with van der Waals surface area (Å²) in [5.74, 6) is 5.03. The van der Waals surface area contributed by atoms with E-state index in [1.165, 1.54) is 53.8 Å². The smallest absolute Gasteiger partial charge is 0.231 e. The molecule has 1 saturated carbocycles. The Hall–Kier alpha value is -2.07. The summed E-state index contributed by atoms with van der Waals surface area (Å²) in [6.45, 7) is 10.3. The zero-order valence-electron chi connectivity index (χ0n) is 18.9. The van der Waals surface area contributed by atoms with E-state index in [0.717, 1.165) is 35.6 Å². The average molecular weight is 438 g/mol. The molecule has 0 saturated heterocycles. The molecule has 1 fully saturated rings. The maximum atomic E-state index is 5.56. The highest BCUT2D eigenvalue weighted by Crippen LogP contribution is 2.40. The van der Waals surface area contributed by atoms with Crippen molar-refractivity contribution in [2.45, 2.75) is 51.9 Å². The van der Waals surface area contributed by atoms with Crippen LogP contribution >= 0.6 is 11.8 Å². The van der Waals surface area contributed by atoms with Crippen molar-refractivity contribution in [2.24, 2.45) is 11.8 Å². The molecule has 166 valence electrons. The Labute approximate surface area is 191 Å². The van der Waals surface area contributed by atoms with Gasteiger partial charge < -0.3 is 14.8 Å². The zero-order chi connectivity index (χ0) is 21.6. The summed E-state index contributed by atoms with van der Waals surface area (Å²) in [6.07, 6.45) is 6.25. The Kier molecular flexibility index (Phi) is 7.49. The molecular formula is C27H35NO2S. The first-order valence-electron chi connectivity index (χ1n) is 11.7. The molecule has 0 amide bonds. The summed E-state index contributed by atoms with van der Waals surface area (Å²) in [6, 6.07) is 15.2. The number of fused-ring (bicyclic) bond motifs is 1. The first-order chi connectivity index (χ1) is 15.1. The van der Waals surface area contributed by atoms with E-state index in [-0.39, 0.29) is 0 Å². The van der Waals surface area contributed by atoms with Crippen LogP contribution in [0.1, 0.15) is 63.0 Å². The quantitative estimate of drug-likeness (QED) is 0.439. The van der Waals surface area contributed by atoms with E-state index in [1.54, 1.807) is 0 Å². The van der Waals surface area contributed by atoms with Crippen LogP contribution in [0.15, 0.2) is 49.0 Å². The van der Waals surface area contributed by atoms with Crippen LogP contribution in [0.4, 0.5) is 5.69 Å². The maximum Gasteiger partial charge on any atom is 0.231 e. The normalized spacial score (nSPS) is 21.0. The van der Waals surface area contributed by atoms with Crippen molar-refractivity contribution < 1.29 is 9.47 Å². The van der Waals surface area contributed by atoms with Gasteiger partial charge in [-0.05, 0) is 78.8 Å².